The van der Waals surface area contributed by atoms with Crippen LogP contribution in [0.2, 0.25) is 0 Å². The first-order valence-electron chi connectivity index (χ1n) is 4.18. The second kappa shape index (κ2) is 4.53. The summed E-state index contributed by atoms with van der Waals surface area (Å²) in [6, 6.07) is 6.13. The van der Waals surface area contributed by atoms with E-state index in [4.69, 9.17) is 5.11 Å². The molecule has 0 radical (unpaired) electrons. The fourth-order valence-electron chi connectivity index (χ4n) is 1.10. The molecule has 74 valence electrons. The summed E-state index contributed by atoms with van der Waals surface area (Å²) in [7, 11) is 0. The van der Waals surface area contributed by atoms with Crippen molar-refractivity contribution in [2.24, 2.45) is 0 Å². The van der Waals surface area contributed by atoms with Crippen molar-refractivity contribution in [3.05, 3.63) is 46.5 Å². The van der Waals surface area contributed by atoms with Gasteiger partial charge in [-0.05, 0) is 29.7 Å². The maximum absolute atomic E-state index is 10.4. The number of hydrogen-bond donors (Lipinski definition) is 1. The minimum Gasteiger partial charge on any atom is -0.396 e. The first-order chi connectivity index (χ1) is 6.65. The number of benzene rings is 1. The summed E-state index contributed by atoms with van der Waals surface area (Å²) in [6.07, 6.45) is 0.484. The summed E-state index contributed by atoms with van der Waals surface area (Å²) in [6.45, 7) is 3.80. The molecule has 0 aliphatic rings. The van der Waals surface area contributed by atoms with E-state index in [0.717, 1.165) is 11.1 Å². The van der Waals surface area contributed by atoms with E-state index in [2.05, 4.69) is 6.58 Å². The van der Waals surface area contributed by atoms with Gasteiger partial charge in [-0.1, -0.05) is 6.58 Å². The van der Waals surface area contributed by atoms with Crippen molar-refractivity contribution in [3.8, 4) is 0 Å². The van der Waals surface area contributed by atoms with Gasteiger partial charge in [0.1, 0.15) is 0 Å². The fourth-order valence-corrected chi connectivity index (χ4v) is 1.10. The van der Waals surface area contributed by atoms with Crippen LogP contribution in [0, 0.1) is 10.1 Å². The molecule has 0 saturated carbocycles. The third-order valence-corrected chi connectivity index (χ3v) is 1.90. The maximum Gasteiger partial charge on any atom is 0.269 e. The third kappa shape index (κ3) is 2.40. The fraction of sp³-hybridized carbons (Fsp3) is 0.200. The van der Waals surface area contributed by atoms with Crippen LogP contribution in [0.15, 0.2) is 30.8 Å². The average Bonchev–Trinajstić information content (AvgIpc) is 2.18. The molecule has 0 fully saturated rings. The van der Waals surface area contributed by atoms with Gasteiger partial charge in [0.2, 0.25) is 0 Å². The van der Waals surface area contributed by atoms with E-state index in [1.807, 2.05) is 0 Å². The lowest BCUT2D eigenvalue weighted by Crippen LogP contribution is -1.90. The van der Waals surface area contributed by atoms with Gasteiger partial charge in [0, 0.05) is 18.7 Å². The lowest BCUT2D eigenvalue weighted by atomic mass is 10.1. The number of rotatable bonds is 4. The van der Waals surface area contributed by atoms with Crippen LogP contribution < -0.4 is 0 Å². The molecule has 0 atom stereocenters. The Morgan fingerprint density at radius 3 is 2.43 bits per heavy atom. The predicted octanol–water partition coefficient (Wildman–Crippen LogP) is 1.99. The molecule has 4 nitrogen and oxygen atoms in total. The molecule has 0 unspecified atom stereocenters. The number of non-ortho nitro benzene ring substituents is 1. The van der Waals surface area contributed by atoms with Gasteiger partial charge in [0.25, 0.3) is 5.69 Å². The maximum atomic E-state index is 10.4. The zero-order chi connectivity index (χ0) is 10.6. The summed E-state index contributed by atoms with van der Waals surface area (Å²) in [5.41, 5.74) is 1.66. The normalized spacial score (nSPS) is 9.79. The minimum absolute atomic E-state index is 0.0375. The number of nitrogens with zero attached hydrogens (tertiary/aromatic N) is 1. The van der Waals surface area contributed by atoms with Crippen molar-refractivity contribution >= 4 is 11.3 Å². The van der Waals surface area contributed by atoms with Crippen molar-refractivity contribution in [1.82, 2.24) is 0 Å². The predicted molar refractivity (Wildman–Crippen MR) is 53.8 cm³/mol. The molecule has 1 rings (SSSR count). The highest BCUT2D eigenvalue weighted by atomic mass is 16.6. The molecule has 1 N–H and O–H groups in total. The Balaban J connectivity index is 2.83. The molecule has 0 aliphatic heterocycles. The zero-order valence-electron chi connectivity index (χ0n) is 7.64. The van der Waals surface area contributed by atoms with E-state index in [1.165, 1.54) is 12.1 Å². The van der Waals surface area contributed by atoms with Gasteiger partial charge in [0.05, 0.1) is 4.92 Å². The molecule has 0 amide bonds. The SMILES string of the molecule is C=C(CCO)c1ccc([N+](=O)[O-])cc1. The number of hydrogen-bond acceptors (Lipinski definition) is 3. The molecule has 1 aromatic rings. The first kappa shape index (κ1) is 10.4. The van der Waals surface area contributed by atoms with Crippen LogP contribution in [-0.2, 0) is 0 Å². The van der Waals surface area contributed by atoms with Gasteiger partial charge >= 0.3 is 0 Å². The molecular weight excluding hydrogens is 182 g/mol. The average molecular weight is 193 g/mol. The summed E-state index contributed by atoms with van der Waals surface area (Å²) in [5, 5.41) is 19.0. The largest absolute Gasteiger partial charge is 0.396 e. The second-order valence-corrected chi connectivity index (χ2v) is 2.88. The molecule has 0 saturated heterocycles. The lowest BCUT2D eigenvalue weighted by molar-refractivity contribution is -0.384. The number of nitro groups is 1. The Morgan fingerprint density at radius 2 is 2.00 bits per heavy atom. The molecule has 0 aliphatic carbocycles. The third-order valence-electron chi connectivity index (χ3n) is 1.90. The van der Waals surface area contributed by atoms with Gasteiger partial charge in [0.15, 0.2) is 0 Å². The van der Waals surface area contributed by atoms with Crippen molar-refractivity contribution in [3.63, 3.8) is 0 Å². The first-order valence-corrected chi connectivity index (χ1v) is 4.18. The molecule has 14 heavy (non-hydrogen) atoms. The molecule has 1 aromatic carbocycles. The summed E-state index contributed by atoms with van der Waals surface area (Å²) in [5.74, 6) is 0. The standard InChI is InChI=1S/C10H11NO3/c1-8(6-7-12)9-2-4-10(5-3-9)11(13)14/h2-5,12H,1,6-7H2. The molecule has 0 aromatic heterocycles. The Labute approximate surface area is 81.6 Å². The van der Waals surface area contributed by atoms with Crippen molar-refractivity contribution in [2.75, 3.05) is 6.61 Å². The van der Waals surface area contributed by atoms with Gasteiger partial charge in [-0.15, -0.1) is 0 Å². The smallest absolute Gasteiger partial charge is 0.269 e. The topological polar surface area (TPSA) is 63.4 Å². The van der Waals surface area contributed by atoms with E-state index in [-0.39, 0.29) is 12.3 Å². The molecule has 0 spiro atoms. The van der Waals surface area contributed by atoms with E-state index < -0.39 is 4.92 Å². The van der Waals surface area contributed by atoms with E-state index in [1.54, 1.807) is 12.1 Å². The van der Waals surface area contributed by atoms with Crippen LogP contribution in [-0.4, -0.2) is 16.6 Å². The Kier molecular flexibility index (Phi) is 3.36. The van der Waals surface area contributed by atoms with Crippen LogP contribution >= 0.6 is 0 Å². The number of aliphatic hydroxyl groups excluding tert-OH is 1. The Morgan fingerprint density at radius 1 is 1.43 bits per heavy atom. The molecular formula is C10H11NO3. The zero-order valence-corrected chi connectivity index (χ0v) is 7.64. The van der Waals surface area contributed by atoms with Gasteiger partial charge in [-0.3, -0.25) is 10.1 Å². The minimum atomic E-state index is -0.446. The molecule has 0 bridgehead atoms. The van der Waals surface area contributed by atoms with Crippen LogP contribution in [0.25, 0.3) is 5.57 Å². The highest BCUT2D eigenvalue weighted by Crippen LogP contribution is 2.19. The van der Waals surface area contributed by atoms with Crippen LogP contribution in [0.1, 0.15) is 12.0 Å². The van der Waals surface area contributed by atoms with E-state index in [0.29, 0.717) is 6.42 Å². The molecule has 4 heteroatoms. The second-order valence-electron chi connectivity index (χ2n) is 2.88. The quantitative estimate of drug-likeness (QED) is 0.587. The Hall–Kier alpha value is -1.68. The highest BCUT2D eigenvalue weighted by molar-refractivity contribution is 5.64. The summed E-state index contributed by atoms with van der Waals surface area (Å²) in [4.78, 5) is 9.91. The highest BCUT2D eigenvalue weighted by Gasteiger charge is 2.04. The van der Waals surface area contributed by atoms with Crippen molar-refractivity contribution in [1.29, 1.82) is 0 Å². The van der Waals surface area contributed by atoms with Crippen LogP contribution in [0.5, 0.6) is 0 Å². The number of aliphatic hydroxyl groups is 1. The number of nitro benzene ring substituents is 1. The van der Waals surface area contributed by atoms with Gasteiger partial charge < -0.3 is 5.11 Å². The Bertz CT molecular complexity index is 343. The van der Waals surface area contributed by atoms with Crippen molar-refractivity contribution < 1.29 is 10.0 Å². The van der Waals surface area contributed by atoms with E-state index in [9.17, 15) is 10.1 Å². The summed E-state index contributed by atoms with van der Waals surface area (Å²) >= 11 is 0. The summed E-state index contributed by atoms with van der Waals surface area (Å²) < 4.78 is 0. The van der Waals surface area contributed by atoms with Gasteiger partial charge in [-0.25, -0.2) is 0 Å². The monoisotopic (exact) mass is 193 g/mol. The van der Waals surface area contributed by atoms with E-state index >= 15 is 0 Å². The lowest BCUT2D eigenvalue weighted by Gasteiger charge is -2.02. The van der Waals surface area contributed by atoms with Crippen LogP contribution in [0.4, 0.5) is 5.69 Å². The van der Waals surface area contributed by atoms with Crippen LogP contribution in [0.3, 0.4) is 0 Å². The van der Waals surface area contributed by atoms with Gasteiger partial charge in [-0.2, -0.15) is 0 Å². The molecule has 0 heterocycles. The van der Waals surface area contributed by atoms with Crippen molar-refractivity contribution in [2.45, 2.75) is 6.42 Å².